The Morgan fingerprint density at radius 3 is 2.82 bits per heavy atom. The zero-order valence-electron chi connectivity index (χ0n) is 18.6. The molecule has 2 aliphatic heterocycles. The summed E-state index contributed by atoms with van der Waals surface area (Å²) < 4.78 is 22.1. The van der Waals surface area contributed by atoms with E-state index >= 15 is 0 Å². The number of nitrogens with one attached hydrogen (secondary N) is 1. The Labute approximate surface area is 194 Å². The minimum absolute atomic E-state index is 0.163. The number of ether oxygens (including phenoxy) is 3. The number of nitrogens with zero attached hydrogens (tertiary/aromatic N) is 6. The summed E-state index contributed by atoms with van der Waals surface area (Å²) in [5.41, 5.74) is 7.38. The predicted octanol–water partition coefficient (Wildman–Crippen LogP) is 0.288. The zero-order valence-corrected chi connectivity index (χ0v) is 18.6. The maximum Gasteiger partial charge on any atom is 0.254 e. The first-order valence-corrected chi connectivity index (χ1v) is 11.4. The van der Waals surface area contributed by atoms with Crippen molar-refractivity contribution in [2.45, 2.75) is 62.4 Å². The molecule has 1 spiro atoms. The van der Waals surface area contributed by atoms with Gasteiger partial charge in [0.2, 0.25) is 0 Å². The summed E-state index contributed by atoms with van der Waals surface area (Å²) in [7, 11) is 1.54. The fourth-order valence-corrected chi connectivity index (χ4v) is 5.11. The molecule has 1 aliphatic carbocycles. The van der Waals surface area contributed by atoms with Gasteiger partial charge in [-0.15, -0.1) is 0 Å². The van der Waals surface area contributed by atoms with E-state index in [0.29, 0.717) is 16.7 Å². The Kier molecular flexibility index (Phi) is 5.02. The van der Waals surface area contributed by atoms with Crippen LogP contribution < -0.4 is 11.1 Å². The summed E-state index contributed by atoms with van der Waals surface area (Å²) in [6, 6.07) is 0. The number of aromatic nitrogens is 6. The lowest BCUT2D eigenvalue weighted by atomic mass is 9.94. The largest absolute Gasteiger partial charge is 0.394 e. The van der Waals surface area contributed by atoms with Crippen LogP contribution in [0.2, 0.25) is 0 Å². The van der Waals surface area contributed by atoms with Gasteiger partial charge in [0, 0.05) is 26.1 Å². The fraction of sp³-hybridized carbons (Fsp3) is 0.571. The lowest BCUT2D eigenvalue weighted by Crippen LogP contribution is -2.37. The van der Waals surface area contributed by atoms with Crippen molar-refractivity contribution in [1.29, 1.82) is 0 Å². The second kappa shape index (κ2) is 7.98. The van der Waals surface area contributed by atoms with Gasteiger partial charge in [0.25, 0.3) is 11.9 Å². The molecule has 4 N–H and O–H groups in total. The number of nitrogens with two attached hydrogens (primary N) is 1. The number of hydrogen-bond donors (Lipinski definition) is 3. The first-order chi connectivity index (χ1) is 16.5. The van der Waals surface area contributed by atoms with Gasteiger partial charge in [0.1, 0.15) is 23.8 Å². The highest BCUT2D eigenvalue weighted by Crippen LogP contribution is 2.48. The van der Waals surface area contributed by atoms with Gasteiger partial charge in [-0.2, -0.15) is 15.1 Å². The van der Waals surface area contributed by atoms with E-state index < -0.39 is 30.3 Å². The predicted molar refractivity (Wildman–Crippen MR) is 117 cm³/mol. The van der Waals surface area contributed by atoms with Crippen molar-refractivity contribution in [2.24, 2.45) is 0 Å². The standard InChI is InChI=1S/C21H26N8O5/c1-23-18(31)11-7-25-29(8-11)20-26-16(22)13-17(27-20)28(10-24-13)19-15-14(12(9-30)32-19)33-21(34-15)5-3-2-4-6-21/h7-8,10,12,14-15,19,30H,2-6,9H2,1H3,(H,23,31)(H2,22,26,27)/t12-,14-,15-,19-/m1/s1. The molecule has 5 heterocycles. The number of amides is 1. The number of nitrogen functional groups attached to an aromatic ring is 1. The average molecular weight is 470 g/mol. The van der Waals surface area contributed by atoms with Crippen LogP contribution in [-0.2, 0) is 14.2 Å². The van der Waals surface area contributed by atoms with Crippen LogP contribution in [0.5, 0.6) is 0 Å². The third-order valence-electron chi connectivity index (χ3n) is 6.77. The average Bonchev–Trinajstić information content (AvgIpc) is 3.62. The van der Waals surface area contributed by atoms with Gasteiger partial charge >= 0.3 is 0 Å². The summed E-state index contributed by atoms with van der Waals surface area (Å²) in [5, 5.41) is 16.7. The van der Waals surface area contributed by atoms with Gasteiger partial charge in [0.05, 0.1) is 24.7 Å². The van der Waals surface area contributed by atoms with Crippen molar-refractivity contribution < 1.29 is 24.1 Å². The molecule has 2 saturated heterocycles. The van der Waals surface area contributed by atoms with E-state index in [1.54, 1.807) is 17.9 Å². The topological polar surface area (TPSA) is 164 Å². The van der Waals surface area contributed by atoms with Crippen LogP contribution in [0.25, 0.3) is 17.1 Å². The van der Waals surface area contributed by atoms with Crippen LogP contribution in [0.15, 0.2) is 18.7 Å². The second-order valence-corrected chi connectivity index (χ2v) is 8.87. The Hall–Kier alpha value is -3.13. The number of anilines is 1. The van der Waals surface area contributed by atoms with Crippen molar-refractivity contribution in [3.05, 3.63) is 24.3 Å². The van der Waals surface area contributed by atoms with E-state index in [9.17, 15) is 9.90 Å². The number of rotatable bonds is 4. The molecule has 1 saturated carbocycles. The van der Waals surface area contributed by atoms with Gasteiger partial charge in [0.15, 0.2) is 23.5 Å². The third-order valence-corrected chi connectivity index (χ3v) is 6.77. The maximum absolute atomic E-state index is 11.9. The number of hydrogen-bond acceptors (Lipinski definition) is 10. The van der Waals surface area contributed by atoms with Crippen LogP contribution in [0, 0.1) is 0 Å². The van der Waals surface area contributed by atoms with E-state index in [1.165, 1.54) is 17.1 Å². The van der Waals surface area contributed by atoms with Gasteiger partial charge in [-0.3, -0.25) is 9.36 Å². The lowest BCUT2D eigenvalue weighted by molar-refractivity contribution is -0.232. The number of carbonyl (C=O) groups is 1. The fourth-order valence-electron chi connectivity index (χ4n) is 5.11. The molecule has 3 aromatic rings. The zero-order chi connectivity index (χ0) is 23.4. The highest BCUT2D eigenvalue weighted by atomic mass is 16.8. The molecule has 0 aromatic carbocycles. The van der Waals surface area contributed by atoms with E-state index in [0.717, 1.165) is 32.1 Å². The second-order valence-electron chi connectivity index (χ2n) is 8.87. The van der Waals surface area contributed by atoms with Crippen molar-refractivity contribution >= 4 is 22.9 Å². The molecule has 3 fully saturated rings. The summed E-state index contributed by atoms with van der Waals surface area (Å²) in [4.78, 5) is 25.2. The molecular formula is C21H26N8O5. The molecule has 180 valence electrons. The number of aliphatic hydroxyl groups excluding tert-OH is 1. The smallest absolute Gasteiger partial charge is 0.254 e. The first kappa shape index (κ1) is 21.4. The number of aliphatic hydroxyl groups is 1. The number of fused-ring (bicyclic) bond motifs is 2. The highest BCUT2D eigenvalue weighted by Gasteiger charge is 2.58. The van der Waals surface area contributed by atoms with Crippen molar-refractivity contribution in [1.82, 2.24) is 34.6 Å². The van der Waals surface area contributed by atoms with E-state index in [4.69, 9.17) is 19.9 Å². The Bertz CT molecular complexity index is 1240. The SMILES string of the molecule is CNC(=O)c1cnn(-c2nc(N)c3ncn([C@@H]4O[C@H](CO)[C@H]5OC6(CCCCC6)O[C@H]54)c3n2)c1. The Morgan fingerprint density at radius 2 is 2.06 bits per heavy atom. The quantitative estimate of drug-likeness (QED) is 0.482. The normalized spacial score (nSPS) is 27.9. The molecule has 34 heavy (non-hydrogen) atoms. The summed E-state index contributed by atoms with van der Waals surface area (Å²) in [6.45, 7) is -0.193. The van der Waals surface area contributed by atoms with E-state index in [-0.39, 0.29) is 24.3 Å². The number of carbonyl (C=O) groups excluding carboxylic acids is 1. The molecule has 0 bridgehead atoms. The van der Waals surface area contributed by atoms with Gasteiger partial charge < -0.3 is 30.4 Å². The van der Waals surface area contributed by atoms with Gasteiger partial charge in [-0.25, -0.2) is 9.67 Å². The monoisotopic (exact) mass is 470 g/mol. The Morgan fingerprint density at radius 1 is 1.26 bits per heavy atom. The summed E-state index contributed by atoms with van der Waals surface area (Å²) in [6.07, 6.45) is 7.42. The lowest BCUT2D eigenvalue weighted by Gasteiger charge is -2.34. The van der Waals surface area contributed by atoms with Crippen LogP contribution in [-0.4, -0.2) is 78.1 Å². The summed E-state index contributed by atoms with van der Waals surface area (Å²) in [5.74, 6) is -0.566. The van der Waals surface area contributed by atoms with Crippen LogP contribution >= 0.6 is 0 Å². The van der Waals surface area contributed by atoms with Crippen LogP contribution in [0.1, 0.15) is 48.7 Å². The first-order valence-electron chi connectivity index (χ1n) is 11.4. The van der Waals surface area contributed by atoms with Crippen LogP contribution in [0.4, 0.5) is 5.82 Å². The Balaban J connectivity index is 1.38. The molecule has 3 aliphatic rings. The molecule has 3 aromatic heterocycles. The van der Waals surface area contributed by atoms with Crippen molar-refractivity contribution in [3.8, 4) is 5.95 Å². The molecule has 1 amide bonds. The van der Waals surface area contributed by atoms with Gasteiger partial charge in [-0.1, -0.05) is 6.42 Å². The molecule has 0 radical (unpaired) electrons. The molecule has 13 heteroatoms. The molecule has 4 atom stereocenters. The van der Waals surface area contributed by atoms with Crippen molar-refractivity contribution in [2.75, 3.05) is 19.4 Å². The van der Waals surface area contributed by atoms with E-state index in [2.05, 4.69) is 25.4 Å². The van der Waals surface area contributed by atoms with E-state index in [1.807, 2.05) is 0 Å². The van der Waals surface area contributed by atoms with Crippen molar-refractivity contribution in [3.63, 3.8) is 0 Å². The highest BCUT2D eigenvalue weighted by molar-refractivity contribution is 5.93. The minimum Gasteiger partial charge on any atom is -0.394 e. The molecular weight excluding hydrogens is 444 g/mol. The molecule has 6 rings (SSSR count). The van der Waals surface area contributed by atoms with Crippen LogP contribution in [0.3, 0.4) is 0 Å². The third kappa shape index (κ3) is 3.27. The summed E-state index contributed by atoms with van der Waals surface area (Å²) >= 11 is 0. The molecule has 0 unspecified atom stereocenters. The molecule has 13 nitrogen and oxygen atoms in total. The minimum atomic E-state index is -0.635. The maximum atomic E-state index is 11.9. The van der Waals surface area contributed by atoms with Gasteiger partial charge in [-0.05, 0) is 12.8 Å². The number of imidazole rings is 1.